The smallest absolute Gasteiger partial charge is 0.123 e. The standard InChI is InChI=1S/C14H21ClFN/c1-4-17-9-12(10(2)3)7-11-8-13(16)5-6-14(11)15/h5-6,8,10,12,17H,4,7,9H2,1-3H3. The van der Waals surface area contributed by atoms with Crippen LogP contribution in [0.2, 0.25) is 5.02 Å². The molecule has 1 aromatic carbocycles. The van der Waals surface area contributed by atoms with Crippen molar-refractivity contribution in [2.75, 3.05) is 13.1 Å². The fourth-order valence-corrected chi connectivity index (χ4v) is 2.05. The average Bonchev–Trinajstić information content (AvgIpc) is 2.28. The molecule has 1 aromatic rings. The van der Waals surface area contributed by atoms with Crippen molar-refractivity contribution in [2.45, 2.75) is 27.2 Å². The molecular formula is C14H21ClFN. The molecule has 0 spiro atoms. The molecule has 0 saturated carbocycles. The van der Waals surface area contributed by atoms with Crippen LogP contribution >= 0.6 is 11.6 Å². The Morgan fingerprint density at radius 3 is 2.65 bits per heavy atom. The first-order valence-corrected chi connectivity index (χ1v) is 6.57. The Morgan fingerprint density at radius 2 is 2.06 bits per heavy atom. The molecule has 1 atom stereocenters. The van der Waals surface area contributed by atoms with Crippen molar-refractivity contribution in [2.24, 2.45) is 11.8 Å². The molecule has 0 fully saturated rings. The van der Waals surface area contributed by atoms with Crippen molar-refractivity contribution in [3.63, 3.8) is 0 Å². The first-order chi connectivity index (χ1) is 8.04. The highest BCUT2D eigenvalue weighted by Gasteiger charge is 2.15. The normalized spacial score (nSPS) is 13.1. The Hall–Kier alpha value is -0.600. The monoisotopic (exact) mass is 257 g/mol. The summed E-state index contributed by atoms with van der Waals surface area (Å²) in [5, 5.41) is 4.01. The molecule has 0 heterocycles. The molecular weight excluding hydrogens is 237 g/mol. The van der Waals surface area contributed by atoms with Gasteiger partial charge in [-0.1, -0.05) is 32.4 Å². The molecule has 0 amide bonds. The third kappa shape index (κ3) is 4.64. The van der Waals surface area contributed by atoms with Crippen molar-refractivity contribution in [3.05, 3.63) is 34.6 Å². The van der Waals surface area contributed by atoms with Crippen LogP contribution in [0.15, 0.2) is 18.2 Å². The minimum atomic E-state index is -0.213. The average molecular weight is 258 g/mol. The van der Waals surface area contributed by atoms with E-state index < -0.39 is 0 Å². The molecule has 0 bridgehead atoms. The largest absolute Gasteiger partial charge is 0.317 e. The maximum absolute atomic E-state index is 13.2. The highest BCUT2D eigenvalue weighted by molar-refractivity contribution is 6.31. The predicted molar refractivity (Wildman–Crippen MR) is 72.0 cm³/mol. The number of halogens is 2. The van der Waals surface area contributed by atoms with E-state index >= 15 is 0 Å². The first kappa shape index (κ1) is 14.5. The first-order valence-electron chi connectivity index (χ1n) is 6.19. The Labute approximate surface area is 108 Å². The summed E-state index contributed by atoms with van der Waals surface area (Å²) in [4.78, 5) is 0. The Morgan fingerprint density at radius 1 is 1.35 bits per heavy atom. The highest BCUT2D eigenvalue weighted by Crippen LogP contribution is 2.23. The van der Waals surface area contributed by atoms with Crippen LogP contribution in [0.3, 0.4) is 0 Å². The van der Waals surface area contributed by atoms with E-state index in [1.807, 2.05) is 0 Å². The molecule has 0 aliphatic heterocycles. The van der Waals surface area contributed by atoms with Crippen molar-refractivity contribution in [1.29, 1.82) is 0 Å². The molecule has 1 nitrogen and oxygen atoms in total. The van der Waals surface area contributed by atoms with Gasteiger partial charge in [0.15, 0.2) is 0 Å². The number of rotatable bonds is 6. The fraction of sp³-hybridized carbons (Fsp3) is 0.571. The Bertz CT molecular complexity index is 352. The third-order valence-electron chi connectivity index (χ3n) is 3.09. The second-order valence-corrected chi connectivity index (χ2v) is 5.16. The lowest BCUT2D eigenvalue weighted by atomic mass is 9.89. The number of nitrogens with one attached hydrogen (secondary N) is 1. The Kier molecular flexibility index (Phi) is 5.93. The summed E-state index contributed by atoms with van der Waals surface area (Å²) in [6, 6.07) is 4.58. The van der Waals surface area contributed by atoms with Crippen LogP contribution in [0, 0.1) is 17.7 Å². The molecule has 0 aliphatic rings. The van der Waals surface area contributed by atoms with Gasteiger partial charge in [-0.2, -0.15) is 0 Å². The van der Waals surface area contributed by atoms with E-state index in [-0.39, 0.29) is 5.82 Å². The van der Waals surface area contributed by atoms with E-state index in [1.165, 1.54) is 6.07 Å². The van der Waals surface area contributed by atoms with Gasteiger partial charge in [0.2, 0.25) is 0 Å². The van der Waals surface area contributed by atoms with Crippen LogP contribution in [0.25, 0.3) is 0 Å². The van der Waals surface area contributed by atoms with E-state index in [4.69, 9.17) is 11.6 Å². The van der Waals surface area contributed by atoms with Gasteiger partial charge in [0.05, 0.1) is 0 Å². The summed E-state index contributed by atoms with van der Waals surface area (Å²) in [5.74, 6) is 0.818. The van der Waals surface area contributed by atoms with E-state index in [9.17, 15) is 4.39 Å². The Balaban J connectivity index is 2.74. The maximum Gasteiger partial charge on any atom is 0.123 e. The summed E-state index contributed by atoms with van der Waals surface area (Å²) < 4.78 is 13.2. The summed E-state index contributed by atoms with van der Waals surface area (Å²) in [6.45, 7) is 8.37. The molecule has 0 saturated heterocycles. The van der Waals surface area contributed by atoms with E-state index in [1.54, 1.807) is 12.1 Å². The molecule has 3 heteroatoms. The van der Waals surface area contributed by atoms with Crippen LogP contribution < -0.4 is 5.32 Å². The maximum atomic E-state index is 13.2. The molecule has 96 valence electrons. The van der Waals surface area contributed by atoms with E-state index in [2.05, 4.69) is 26.1 Å². The van der Waals surface area contributed by atoms with Gasteiger partial charge in [-0.15, -0.1) is 0 Å². The SMILES string of the molecule is CCNCC(Cc1cc(F)ccc1Cl)C(C)C. The summed E-state index contributed by atoms with van der Waals surface area (Å²) >= 11 is 6.09. The van der Waals surface area contributed by atoms with Crippen LogP contribution in [0.4, 0.5) is 4.39 Å². The van der Waals surface area contributed by atoms with E-state index in [0.717, 1.165) is 25.1 Å². The van der Waals surface area contributed by atoms with Gasteiger partial charge in [0, 0.05) is 5.02 Å². The second kappa shape index (κ2) is 6.97. The lowest BCUT2D eigenvalue weighted by Gasteiger charge is -2.21. The summed E-state index contributed by atoms with van der Waals surface area (Å²) in [7, 11) is 0. The van der Waals surface area contributed by atoms with Crippen molar-refractivity contribution >= 4 is 11.6 Å². The molecule has 1 N–H and O–H groups in total. The van der Waals surface area contributed by atoms with Gasteiger partial charge < -0.3 is 5.32 Å². The fourth-order valence-electron chi connectivity index (χ4n) is 1.86. The zero-order chi connectivity index (χ0) is 12.8. The lowest BCUT2D eigenvalue weighted by molar-refractivity contribution is 0.363. The summed E-state index contributed by atoms with van der Waals surface area (Å²) in [6.07, 6.45) is 0.821. The third-order valence-corrected chi connectivity index (χ3v) is 3.46. The quantitative estimate of drug-likeness (QED) is 0.815. The topological polar surface area (TPSA) is 12.0 Å². The van der Waals surface area contributed by atoms with Gasteiger partial charge in [-0.25, -0.2) is 4.39 Å². The molecule has 17 heavy (non-hydrogen) atoms. The zero-order valence-electron chi connectivity index (χ0n) is 10.8. The summed E-state index contributed by atoms with van der Waals surface area (Å²) in [5.41, 5.74) is 0.906. The minimum Gasteiger partial charge on any atom is -0.317 e. The van der Waals surface area contributed by atoms with Crippen LogP contribution in [0.1, 0.15) is 26.3 Å². The van der Waals surface area contributed by atoms with Gasteiger partial charge in [-0.05, 0) is 55.1 Å². The molecule has 1 rings (SSSR count). The number of hydrogen-bond acceptors (Lipinski definition) is 1. The van der Waals surface area contributed by atoms with Gasteiger partial charge in [0.25, 0.3) is 0 Å². The van der Waals surface area contributed by atoms with Crippen LogP contribution in [-0.2, 0) is 6.42 Å². The van der Waals surface area contributed by atoms with Gasteiger partial charge in [-0.3, -0.25) is 0 Å². The van der Waals surface area contributed by atoms with Crippen molar-refractivity contribution in [3.8, 4) is 0 Å². The molecule has 0 aromatic heterocycles. The molecule has 0 radical (unpaired) electrons. The minimum absolute atomic E-state index is 0.213. The van der Waals surface area contributed by atoms with Gasteiger partial charge >= 0.3 is 0 Å². The molecule has 1 unspecified atom stereocenters. The predicted octanol–water partition coefficient (Wildman–Crippen LogP) is 3.90. The second-order valence-electron chi connectivity index (χ2n) is 4.75. The number of hydrogen-bond donors (Lipinski definition) is 1. The zero-order valence-corrected chi connectivity index (χ0v) is 11.5. The molecule has 0 aliphatic carbocycles. The lowest BCUT2D eigenvalue weighted by Crippen LogP contribution is -2.27. The van der Waals surface area contributed by atoms with Gasteiger partial charge in [0.1, 0.15) is 5.82 Å². The van der Waals surface area contributed by atoms with Crippen molar-refractivity contribution < 1.29 is 4.39 Å². The van der Waals surface area contributed by atoms with Crippen LogP contribution in [-0.4, -0.2) is 13.1 Å². The highest BCUT2D eigenvalue weighted by atomic mass is 35.5. The van der Waals surface area contributed by atoms with Crippen molar-refractivity contribution in [1.82, 2.24) is 5.32 Å². The van der Waals surface area contributed by atoms with Crippen LogP contribution in [0.5, 0.6) is 0 Å². The van der Waals surface area contributed by atoms with E-state index in [0.29, 0.717) is 16.9 Å². The number of benzene rings is 1.